The van der Waals surface area contributed by atoms with Gasteiger partial charge in [0.1, 0.15) is 24.9 Å². The molecule has 0 aliphatic carbocycles. The Morgan fingerprint density at radius 2 is 0.952 bits per heavy atom. The van der Waals surface area contributed by atoms with Gasteiger partial charge in [-0.15, -0.1) is 0 Å². The molecule has 0 unspecified atom stereocenters. The Labute approximate surface area is 251 Å². The van der Waals surface area contributed by atoms with Crippen molar-refractivity contribution in [1.29, 1.82) is 0 Å². The maximum atomic E-state index is 11.7. The first-order chi connectivity index (χ1) is 19.3. The van der Waals surface area contributed by atoms with Gasteiger partial charge in [-0.3, -0.25) is 4.79 Å². The van der Waals surface area contributed by atoms with Gasteiger partial charge in [0, 0.05) is 13.2 Å². The van der Waals surface area contributed by atoms with E-state index in [4.69, 9.17) is 53.6 Å². The summed E-state index contributed by atoms with van der Waals surface area (Å²) < 4.78 is 38.5. The van der Waals surface area contributed by atoms with Crippen molar-refractivity contribution < 1.29 is 58.4 Å². The van der Waals surface area contributed by atoms with Crippen LogP contribution in [0.2, 0.25) is 0 Å². The third-order valence-electron chi connectivity index (χ3n) is 6.61. The highest BCUT2D eigenvalue weighted by Gasteiger charge is 2.43. The van der Waals surface area contributed by atoms with Gasteiger partial charge in [-0.25, -0.2) is 0 Å². The highest BCUT2D eigenvalue weighted by Crippen LogP contribution is 2.32. The van der Waals surface area contributed by atoms with Crippen LogP contribution in [0.25, 0.3) is 0 Å². The van der Waals surface area contributed by atoms with E-state index < -0.39 is 22.8 Å². The van der Waals surface area contributed by atoms with Gasteiger partial charge in [-0.1, -0.05) is 13.3 Å². The van der Waals surface area contributed by atoms with Crippen LogP contribution in [0.15, 0.2) is 0 Å². The topological polar surface area (TPSA) is 163 Å². The average Bonchev–Trinajstić information content (AvgIpc) is 3.45. The van der Waals surface area contributed by atoms with E-state index in [9.17, 15) is 4.79 Å². The molecule has 12 heteroatoms. The number of aliphatic hydroxyl groups is 4. The largest absolute Gasteiger partial charge is 0.462 e. The molecule has 0 amide bonds. The third kappa shape index (κ3) is 13.4. The zero-order valence-corrected chi connectivity index (χ0v) is 27.4. The standard InChI is InChI=1S/C13H24O5.C9H18O3.C8H16O4/c1-12(2,3)11(15)16-8-10-9(6-7-14)17-13(4,5)18-10;1-4-5-7-8(6-10)12-9(2,3)11-7;1-8(2)11-6(3-4-9)7(5-10)12-8/h9-10,14H,6-8H2,1-5H3;7-8,10H,4-6H2,1-3H3;6-7,9-10H,3-5H2,1-2H3/t9-,10+;7-,8+;6-,7+/m000/s1. The normalized spacial score (nSPS) is 31.1. The van der Waals surface area contributed by atoms with Crippen LogP contribution in [0.1, 0.15) is 94.9 Å². The molecule has 3 aliphatic rings. The molecular weight excluding hydrogens is 552 g/mol. The maximum absolute atomic E-state index is 11.7. The fourth-order valence-electron chi connectivity index (χ4n) is 4.82. The molecule has 12 nitrogen and oxygen atoms in total. The number of carbonyl (C=O) groups is 1. The summed E-state index contributed by atoms with van der Waals surface area (Å²) in [5.74, 6) is -2.11. The molecular formula is C30H58O12. The number of hydrogen-bond donors (Lipinski definition) is 4. The molecule has 6 atom stereocenters. The second-order valence-electron chi connectivity index (χ2n) is 13.2. The first kappa shape index (κ1) is 39.1. The highest BCUT2D eigenvalue weighted by molar-refractivity contribution is 5.75. The minimum absolute atomic E-state index is 0.0217. The van der Waals surface area contributed by atoms with Gasteiger partial charge < -0.3 is 53.6 Å². The summed E-state index contributed by atoms with van der Waals surface area (Å²) in [4.78, 5) is 11.7. The number of hydrogen-bond acceptors (Lipinski definition) is 12. The van der Waals surface area contributed by atoms with E-state index >= 15 is 0 Å². The van der Waals surface area contributed by atoms with Crippen LogP contribution in [-0.2, 0) is 38.0 Å². The number of aliphatic hydroxyl groups excluding tert-OH is 4. The molecule has 3 aliphatic heterocycles. The lowest BCUT2D eigenvalue weighted by Gasteiger charge is -2.20. The lowest BCUT2D eigenvalue weighted by atomic mass is 9.97. The van der Waals surface area contributed by atoms with Crippen molar-refractivity contribution >= 4 is 5.97 Å². The van der Waals surface area contributed by atoms with Gasteiger partial charge in [0.05, 0.1) is 36.9 Å². The van der Waals surface area contributed by atoms with Gasteiger partial charge in [-0.2, -0.15) is 0 Å². The summed E-state index contributed by atoms with van der Waals surface area (Å²) in [5.41, 5.74) is -0.526. The van der Waals surface area contributed by atoms with Crippen molar-refractivity contribution in [2.45, 2.75) is 149 Å². The van der Waals surface area contributed by atoms with Gasteiger partial charge >= 0.3 is 5.97 Å². The third-order valence-corrected chi connectivity index (χ3v) is 6.61. The monoisotopic (exact) mass is 610 g/mol. The van der Waals surface area contributed by atoms with Crippen LogP contribution in [0.5, 0.6) is 0 Å². The lowest BCUT2D eigenvalue weighted by molar-refractivity contribution is -0.165. The van der Waals surface area contributed by atoms with E-state index in [1.165, 1.54) is 0 Å². The predicted molar refractivity (Wildman–Crippen MR) is 154 cm³/mol. The van der Waals surface area contributed by atoms with E-state index in [-0.39, 0.29) is 75.6 Å². The molecule has 0 aromatic rings. The molecule has 4 N–H and O–H groups in total. The quantitative estimate of drug-likeness (QED) is 0.268. The molecule has 250 valence electrons. The molecule has 0 radical (unpaired) electrons. The molecule has 3 heterocycles. The maximum Gasteiger partial charge on any atom is 0.311 e. The number of ether oxygens (including phenoxy) is 7. The fourth-order valence-corrected chi connectivity index (χ4v) is 4.82. The SMILES string of the molecule is CC1(C)O[C@@H](CCO)[C@@H](CO)O1.CC1(C)O[C@@H](CCO)[C@@H](COC(=O)C(C)(C)C)O1.CCC[C@@H]1OC(C)(C)O[C@@H]1CO. The van der Waals surface area contributed by atoms with Gasteiger partial charge in [0.25, 0.3) is 0 Å². The van der Waals surface area contributed by atoms with Gasteiger partial charge in [-0.05, 0) is 81.6 Å². The van der Waals surface area contributed by atoms with E-state index in [2.05, 4.69) is 6.92 Å². The minimum atomic E-state index is -0.696. The predicted octanol–water partition coefficient (Wildman–Crippen LogP) is 2.66. The van der Waals surface area contributed by atoms with Crippen LogP contribution < -0.4 is 0 Å². The Morgan fingerprint density at radius 1 is 0.619 bits per heavy atom. The van der Waals surface area contributed by atoms with Crippen molar-refractivity contribution in [3.8, 4) is 0 Å². The Balaban J connectivity index is 0.000000325. The van der Waals surface area contributed by atoms with Gasteiger partial charge in [0.2, 0.25) is 0 Å². The van der Waals surface area contributed by atoms with Crippen molar-refractivity contribution in [2.24, 2.45) is 5.41 Å². The molecule has 3 rings (SSSR count). The smallest absolute Gasteiger partial charge is 0.311 e. The fraction of sp³-hybridized carbons (Fsp3) is 0.967. The zero-order chi connectivity index (χ0) is 32.4. The molecule has 3 fully saturated rings. The summed E-state index contributed by atoms with van der Waals surface area (Å²) in [6, 6.07) is 0. The Kier molecular flexibility index (Phi) is 15.8. The van der Waals surface area contributed by atoms with Crippen molar-refractivity contribution in [3.05, 3.63) is 0 Å². The summed E-state index contributed by atoms with van der Waals surface area (Å²) in [7, 11) is 0. The van der Waals surface area contributed by atoms with Crippen LogP contribution in [0.3, 0.4) is 0 Å². The summed E-state index contributed by atoms with van der Waals surface area (Å²) in [6.45, 7) is 18.7. The lowest BCUT2D eigenvalue weighted by Crippen LogP contribution is -2.32. The van der Waals surface area contributed by atoms with Gasteiger partial charge in [0.15, 0.2) is 17.4 Å². The van der Waals surface area contributed by atoms with E-state index in [0.717, 1.165) is 12.8 Å². The summed E-state index contributed by atoms with van der Waals surface area (Å²) in [6.07, 6.45) is 1.87. The molecule has 3 saturated heterocycles. The highest BCUT2D eigenvalue weighted by atomic mass is 16.8. The molecule has 42 heavy (non-hydrogen) atoms. The van der Waals surface area contributed by atoms with E-state index in [1.54, 1.807) is 34.6 Å². The molecule has 0 aromatic heterocycles. The molecule has 0 saturated carbocycles. The zero-order valence-electron chi connectivity index (χ0n) is 27.4. The Morgan fingerprint density at radius 3 is 1.29 bits per heavy atom. The van der Waals surface area contributed by atoms with Crippen LogP contribution >= 0.6 is 0 Å². The first-order valence-corrected chi connectivity index (χ1v) is 15.0. The Bertz CT molecular complexity index is 745. The van der Waals surface area contributed by atoms with Crippen LogP contribution in [0, 0.1) is 5.41 Å². The van der Waals surface area contributed by atoms with E-state index in [1.807, 2.05) is 27.7 Å². The number of carbonyl (C=O) groups excluding carboxylic acids is 1. The first-order valence-electron chi connectivity index (χ1n) is 15.0. The van der Waals surface area contributed by atoms with E-state index in [0.29, 0.717) is 12.8 Å². The molecule has 0 spiro atoms. The summed E-state index contributed by atoms with van der Waals surface area (Å²) >= 11 is 0. The average molecular weight is 611 g/mol. The Hall–Kier alpha value is -0.930. The second-order valence-corrected chi connectivity index (χ2v) is 13.2. The molecule has 0 aromatic carbocycles. The van der Waals surface area contributed by atoms with Crippen molar-refractivity contribution in [3.63, 3.8) is 0 Å². The van der Waals surface area contributed by atoms with Crippen molar-refractivity contribution in [2.75, 3.05) is 33.0 Å². The number of rotatable bonds is 10. The summed E-state index contributed by atoms with van der Waals surface area (Å²) in [5, 5.41) is 35.6. The molecule has 0 bridgehead atoms. The van der Waals surface area contributed by atoms with Crippen LogP contribution in [0.4, 0.5) is 0 Å². The van der Waals surface area contributed by atoms with Crippen LogP contribution in [-0.4, -0.2) is 113 Å². The second kappa shape index (κ2) is 17.0. The number of esters is 1. The minimum Gasteiger partial charge on any atom is -0.462 e. The van der Waals surface area contributed by atoms with Crippen molar-refractivity contribution in [1.82, 2.24) is 0 Å².